The van der Waals surface area contributed by atoms with Crippen molar-refractivity contribution in [2.24, 2.45) is 5.92 Å². The van der Waals surface area contributed by atoms with Gasteiger partial charge in [0.05, 0.1) is 0 Å². The molecule has 0 aliphatic heterocycles. The number of aliphatic hydroxyl groups is 1. The first-order chi connectivity index (χ1) is 6.24. The van der Waals surface area contributed by atoms with Crippen LogP contribution in [-0.2, 0) is 0 Å². The van der Waals surface area contributed by atoms with E-state index in [1.807, 2.05) is 6.92 Å². The number of rotatable bonds is 2. The lowest BCUT2D eigenvalue weighted by Gasteiger charge is -2.15. The maximum atomic E-state index is 9.33. The van der Waals surface area contributed by atoms with Crippen molar-refractivity contribution in [1.29, 1.82) is 0 Å². The summed E-state index contributed by atoms with van der Waals surface area (Å²) in [6, 6.07) is 0. The van der Waals surface area contributed by atoms with E-state index in [9.17, 15) is 5.11 Å². The quantitative estimate of drug-likeness (QED) is 0.505. The van der Waals surface area contributed by atoms with E-state index < -0.39 is 6.10 Å². The topological polar surface area (TPSA) is 20.2 Å². The first kappa shape index (κ1) is 10.1. The molecule has 0 heterocycles. The fourth-order valence-electron chi connectivity index (χ4n) is 1.56. The van der Waals surface area contributed by atoms with Crippen molar-refractivity contribution in [3.8, 4) is 12.3 Å². The van der Waals surface area contributed by atoms with Crippen molar-refractivity contribution in [1.82, 2.24) is 0 Å². The van der Waals surface area contributed by atoms with Crippen LogP contribution in [0.15, 0.2) is 23.8 Å². The van der Waals surface area contributed by atoms with E-state index in [1.165, 1.54) is 6.42 Å². The Kier molecular flexibility index (Phi) is 3.79. The van der Waals surface area contributed by atoms with Crippen LogP contribution in [0.4, 0.5) is 0 Å². The van der Waals surface area contributed by atoms with Crippen molar-refractivity contribution in [3.63, 3.8) is 0 Å². The van der Waals surface area contributed by atoms with E-state index in [0.717, 1.165) is 18.4 Å². The average molecular weight is 176 g/mol. The van der Waals surface area contributed by atoms with Gasteiger partial charge in [0.1, 0.15) is 6.10 Å². The Morgan fingerprint density at radius 3 is 3.00 bits per heavy atom. The van der Waals surface area contributed by atoms with E-state index in [0.29, 0.717) is 5.92 Å². The van der Waals surface area contributed by atoms with Gasteiger partial charge in [0.2, 0.25) is 0 Å². The van der Waals surface area contributed by atoms with Crippen molar-refractivity contribution >= 4 is 0 Å². The van der Waals surface area contributed by atoms with Gasteiger partial charge in [0.15, 0.2) is 0 Å². The summed E-state index contributed by atoms with van der Waals surface area (Å²) in [5.41, 5.74) is 0.905. The number of hydrogen-bond acceptors (Lipinski definition) is 1. The number of terminal acetylenes is 1. The molecule has 0 saturated carbocycles. The molecule has 0 bridgehead atoms. The lowest BCUT2D eigenvalue weighted by molar-refractivity contribution is 0.267. The highest BCUT2D eigenvalue weighted by Crippen LogP contribution is 2.21. The summed E-state index contributed by atoms with van der Waals surface area (Å²) in [7, 11) is 0. The second-order valence-corrected chi connectivity index (χ2v) is 3.52. The van der Waals surface area contributed by atoms with Gasteiger partial charge in [-0.25, -0.2) is 0 Å². The summed E-state index contributed by atoms with van der Waals surface area (Å²) >= 11 is 0. The molecule has 0 aromatic rings. The standard InChI is InChI=1S/C12H16O/c1-3-12(13)10(2)9-11-7-5-4-6-8-11/h1,4-5,9,11-13H,6-8H2,2H3/b10-9-. The van der Waals surface area contributed by atoms with E-state index in [4.69, 9.17) is 6.42 Å². The van der Waals surface area contributed by atoms with Gasteiger partial charge in [-0.3, -0.25) is 0 Å². The minimum Gasteiger partial charge on any atom is -0.376 e. The van der Waals surface area contributed by atoms with Crippen LogP contribution < -0.4 is 0 Å². The van der Waals surface area contributed by atoms with Gasteiger partial charge >= 0.3 is 0 Å². The molecular weight excluding hydrogens is 160 g/mol. The number of aliphatic hydroxyl groups excluding tert-OH is 1. The Bertz CT molecular complexity index is 255. The third-order valence-corrected chi connectivity index (χ3v) is 2.40. The Balaban J connectivity index is 2.54. The van der Waals surface area contributed by atoms with E-state index in [2.05, 4.69) is 24.1 Å². The van der Waals surface area contributed by atoms with Crippen LogP contribution in [0, 0.1) is 18.3 Å². The molecule has 2 unspecified atom stereocenters. The molecule has 13 heavy (non-hydrogen) atoms. The Labute approximate surface area is 80.2 Å². The SMILES string of the molecule is C#CC(O)/C(C)=C\C1CC=CCC1. The molecule has 0 spiro atoms. The number of allylic oxidation sites excluding steroid dienone is 3. The molecular formula is C12H16O. The van der Waals surface area contributed by atoms with Crippen molar-refractivity contribution in [2.75, 3.05) is 0 Å². The summed E-state index contributed by atoms with van der Waals surface area (Å²) in [5, 5.41) is 9.33. The van der Waals surface area contributed by atoms with Crippen LogP contribution in [0.3, 0.4) is 0 Å². The molecule has 0 saturated heterocycles. The Morgan fingerprint density at radius 2 is 2.46 bits per heavy atom. The molecule has 1 aliphatic carbocycles. The zero-order chi connectivity index (χ0) is 9.68. The predicted octanol–water partition coefficient (Wildman–Crippen LogP) is 2.28. The maximum Gasteiger partial charge on any atom is 0.135 e. The van der Waals surface area contributed by atoms with Crippen molar-refractivity contribution < 1.29 is 5.11 Å². The summed E-state index contributed by atoms with van der Waals surface area (Å²) in [5.74, 6) is 2.89. The highest BCUT2D eigenvalue weighted by molar-refractivity contribution is 5.18. The second-order valence-electron chi connectivity index (χ2n) is 3.52. The molecule has 0 aromatic carbocycles. The molecule has 0 aromatic heterocycles. The third kappa shape index (κ3) is 3.08. The van der Waals surface area contributed by atoms with E-state index in [1.54, 1.807) is 0 Å². The summed E-state index contributed by atoms with van der Waals surface area (Å²) in [4.78, 5) is 0. The van der Waals surface area contributed by atoms with Crippen LogP contribution in [0.2, 0.25) is 0 Å². The molecule has 1 rings (SSSR count). The van der Waals surface area contributed by atoms with Crippen LogP contribution in [0.1, 0.15) is 26.2 Å². The minimum atomic E-state index is -0.703. The van der Waals surface area contributed by atoms with Crippen LogP contribution >= 0.6 is 0 Å². The van der Waals surface area contributed by atoms with Gasteiger partial charge in [-0.15, -0.1) is 6.42 Å². The van der Waals surface area contributed by atoms with Crippen molar-refractivity contribution in [3.05, 3.63) is 23.8 Å². The monoisotopic (exact) mass is 176 g/mol. The smallest absolute Gasteiger partial charge is 0.135 e. The fraction of sp³-hybridized carbons (Fsp3) is 0.500. The normalized spacial score (nSPS) is 25.3. The molecule has 0 amide bonds. The van der Waals surface area contributed by atoms with E-state index >= 15 is 0 Å². The van der Waals surface area contributed by atoms with Gasteiger partial charge in [0, 0.05) is 0 Å². The van der Waals surface area contributed by atoms with Gasteiger partial charge in [-0.1, -0.05) is 24.1 Å². The zero-order valence-electron chi connectivity index (χ0n) is 8.03. The molecule has 1 aliphatic rings. The summed E-state index contributed by atoms with van der Waals surface area (Å²) < 4.78 is 0. The molecule has 1 heteroatoms. The van der Waals surface area contributed by atoms with E-state index in [-0.39, 0.29) is 0 Å². The first-order valence-corrected chi connectivity index (χ1v) is 4.71. The summed E-state index contributed by atoms with van der Waals surface area (Å²) in [6.07, 6.45) is 14.3. The lowest BCUT2D eigenvalue weighted by Crippen LogP contribution is -2.07. The summed E-state index contributed by atoms with van der Waals surface area (Å²) in [6.45, 7) is 1.89. The molecule has 70 valence electrons. The lowest BCUT2D eigenvalue weighted by atomic mass is 9.92. The minimum absolute atomic E-state index is 0.563. The zero-order valence-corrected chi connectivity index (χ0v) is 8.03. The largest absolute Gasteiger partial charge is 0.376 e. The molecule has 0 fully saturated rings. The Morgan fingerprint density at radius 1 is 1.69 bits per heavy atom. The molecule has 2 atom stereocenters. The fourth-order valence-corrected chi connectivity index (χ4v) is 1.56. The highest BCUT2D eigenvalue weighted by Gasteiger charge is 2.09. The van der Waals surface area contributed by atoms with Gasteiger partial charge < -0.3 is 5.11 Å². The molecule has 1 N–H and O–H groups in total. The van der Waals surface area contributed by atoms with Crippen LogP contribution in [-0.4, -0.2) is 11.2 Å². The van der Waals surface area contributed by atoms with Crippen molar-refractivity contribution in [2.45, 2.75) is 32.3 Å². The van der Waals surface area contributed by atoms with Gasteiger partial charge in [-0.2, -0.15) is 0 Å². The molecule has 1 nitrogen and oxygen atoms in total. The van der Waals surface area contributed by atoms with Crippen LogP contribution in [0.25, 0.3) is 0 Å². The number of hydrogen-bond donors (Lipinski definition) is 1. The Hall–Kier alpha value is -1.00. The average Bonchev–Trinajstić information content (AvgIpc) is 2.18. The molecule has 0 radical (unpaired) electrons. The third-order valence-electron chi connectivity index (χ3n) is 2.40. The maximum absolute atomic E-state index is 9.33. The highest BCUT2D eigenvalue weighted by atomic mass is 16.3. The van der Waals surface area contributed by atoms with Gasteiger partial charge in [-0.05, 0) is 37.7 Å². The van der Waals surface area contributed by atoms with Crippen LogP contribution in [0.5, 0.6) is 0 Å². The second kappa shape index (κ2) is 4.89. The first-order valence-electron chi connectivity index (χ1n) is 4.71. The predicted molar refractivity (Wildman–Crippen MR) is 55.1 cm³/mol. The van der Waals surface area contributed by atoms with Gasteiger partial charge in [0.25, 0.3) is 0 Å².